The molecule has 1 spiro atoms. The van der Waals surface area contributed by atoms with Crippen LogP contribution in [0.25, 0.3) is 0 Å². The van der Waals surface area contributed by atoms with Crippen molar-refractivity contribution in [1.29, 1.82) is 0 Å². The maximum absolute atomic E-state index is 13.9. The van der Waals surface area contributed by atoms with Crippen LogP contribution in [-0.2, 0) is 19.9 Å². The first-order valence-corrected chi connectivity index (χ1v) is 10.6. The third kappa shape index (κ3) is 1.90. The highest BCUT2D eigenvalue weighted by atomic mass is 16.2. The lowest BCUT2D eigenvalue weighted by atomic mass is 9.75. The van der Waals surface area contributed by atoms with E-state index in [1.165, 1.54) is 4.90 Å². The van der Waals surface area contributed by atoms with Crippen LogP contribution in [0, 0.1) is 25.7 Å². The number of amides is 3. The molecule has 4 atom stereocenters. The molecular formula is C24H23N3O3. The van der Waals surface area contributed by atoms with Crippen molar-refractivity contribution in [3.05, 3.63) is 59.2 Å². The van der Waals surface area contributed by atoms with Crippen LogP contribution >= 0.6 is 0 Å². The molecule has 2 aromatic rings. The van der Waals surface area contributed by atoms with Gasteiger partial charge in [0.25, 0.3) is 0 Å². The number of nitrogens with one attached hydrogen (secondary N) is 1. The van der Waals surface area contributed by atoms with Crippen LogP contribution in [0.15, 0.2) is 42.5 Å². The number of imide groups is 1. The molecular weight excluding hydrogens is 378 g/mol. The van der Waals surface area contributed by atoms with Crippen LogP contribution in [0.2, 0.25) is 0 Å². The average Bonchev–Trinajstić information content (AvgIpc) is 3.41. The first-order chi connectivity index (χ1) is 14.5. The van der Waals surface area contributed by atoms with Crippen molar-refractivity contribution in [3.63, 3.8) is 0 Å². The fraction of sp³-hybridized carbons (Fsp3) is 0.375. The number of benzene rings is 2. The van der Waals surface area contributed by atoms with Crippen LogP contribution in [0.4, 0.5) is 11.4 Å². The number of hydrogen-bond donors (Lipinski definition) is 1. The Bertz CT molecular complexity index is 1140. The summed E-state index contributed by atoms with van der Waals surface area (Å²) < 4.78 is 0. The SMILES string of the molecule is Cc1ccc(N2C(=O)C3C4CCCN4C4(C(=O)Nc5ccccc54)C3C2=O)c(C)c1. The Morgan fingerprint density at radius 1 is 1.03 bits per heavy atom. The molecule has 1 N–H and O–H groups in total. The van der Waals surface area contributed by atoms with E-state index in [0.29, 0.717) is 5.69 Å². The highest BCUT2D eigenvalue weighted by molar-refractivity contribution is 6.26. The van der Waals surface area contributed by atoms with E-state index in [1.54, 1.807) is 0 Å². The Kier molecular flexibility index (Phi) is 3.44. The average molecular weight is 401 g/mol. The van der Waals surface area contributed by atoms with E-state index in [9.17, 15) is 14.4 Å². The Hall–Kier alpha value is -2.99. The molecule has 4 aliphatic heterocycles. The first-order valence-electron chi connectivity index (χ1n) is 10.6. The summed E-state index contributed by atoms with van der Waals surface area (Å²) in [5.74, 6) is -1.77. The lowest BCUT2D eigenvalue weighted by molar-refractivity contribution is -0.135. The number of carbonyl (C=O) groups excluding carboxylic acids is 3. The molecule has 6 heteroatoms. The number of nitrogens with zero attached hydrogens (tertiary/aromatic N) is 2. The second-order valence-corrected chi connectivity index (χ2v) is 8.97. The Balaban J connectivity index is 1.56. The van der Waals surface area contributed by atoms with E-state index in [0.717, 1.165) is 41.8 Å². The summed E-state index contributed by atoms with van der Waals surface area (Å²) in [6.45, 7) is 4.64. The Labute approximate surface area is 174 Å². The van der Waals surface area contributed by atoms with E-state index in [-0.39, 0.29) is 23.8 Å². The number of hydrogen-bond acceptors (Lipinski definition) is 4. The van der Waals surface area contributed by atoms with Crippen molar-refractivity contribution >= 4 is 29.1 Å². The maximum Gasteiger partial charge on any atom is 0.250 e. The number of carbonyl (C=O) groups is 3. The summed E-state index contributed by atoms with van der Waals surface area (Å²) in [5, 5.41) is 3.00. The van der Waals surface area contributed by atoms with E-state index in [1.807, 2.05) is 56.3 Å². The summed E-state index contributed by atoms with van der Waals surface area (Å²) >= 11 is 0. The van der Waals surface area contributed by atoms with Crippen molar-refractivity contribution in [2.24, 2.45) is 11.8 Å². The monoisotopic (exact) mass is 401 g/mol. The largest absolute Gasteiger partial charge is 0.324 e. The van der Waals surface area contributed by atoms with Gasteiger partial charge >= 0.3 is 0 Å². The molecule has 4 aliphatic rings. The van der Waals surface area contributed by atoms with Gasteiger partial charge in [0.2, 0.25) is 17.7 Å². The zero-order chi connectivity index (χ0) is 20.8. The van der Waals surface area contributed by atoms with Crippen LogP contribution in [0.5, 0.6) is 0 Å². The third-order valence-electron chi connectivity index (χ3n) is 7.49. The zero-order valence-electron chi connectivity index (χ0n) is 17.0. The van der Waals surface area contributed by atoms with Crippen molar-refractivity contribution in [2.75, 3.05) is 16.8 Å². The van der Waals surface area contributed by atoms with Crippen LogP contribution in [0.3, 0.4) is 0 Å². The van der Waals surface area contributed by atoms with Gasteiger partial charge in [0.1, 0.15) is 5.54 Å². The molecule has 3 amide bonds. The van der Waals surface area contributed by atoms with Gasteiger partial charge in [-0.15, -0.1) is 0 Å². The quantitative estimate of drug-likeness (QED) is 0.746. The Morgan fingerprint density at radius 2 is 1.83 bits per heavy atom. The molecule has 152 valence electrons. The van der Waals surface area contributed by atoms with Gasteiger partial charge < -0.3 is 5.32 Å². The van der Waals surface area contributed by atoms with E-state index < -0.39 is 17.4 Å². The van der Waals surface area contributed by atoms with Crippen molar-refractivity contribution < 1.29 is 14.4 Å². The number of aryl methyl sites for hydroxylation is 2. The smallest absolute Gasteiger partial charge is 0.250 e. The van der Waals surface area contributed by atoms with Gasteiger partial charge in [-0.1, -0.05) is 35.9 Å². The molecule has 2 aromatic carbocycles. The number of rotatable bonds is 1. The van der Waals surface area contributed by atoms with Gasteiger partial charge in [-0.2, -0.15) is 0 Å². The molecule has 6 rings (SSSR count). The number of fused-ring (bicyclic) bond motifs is 7. The van der Waals surface area contributed by atoms with Crippen molar-refractivity contribution in [1.82, 2.24) is 4.90 Å². The molecule has 3 fully saturated rings. The van der Waals surface area contributed by atoms with Gasteiger partial charge in [-0.25, -0.2) is 4.90 Å². The molecule has 0 aliphatic carbocycles. The van der Waals surface area contributed by atoms with Crippen molar-refractivity contribution in [2.45, 2.75) is 38.3 Å². The van der Waals surface area contributed by atoms with E-state index in [2.05, 4.69) is 10.2 Å². The van der Waals surface area contributed by atoms with E-state index in [4.69, 9.17) is 0 Å². The topological polar surface area (TPSA) is 69.7 Å². The van der Waals surface area contributed by atoms with Gasteiger partial charge in [0.05, 0.1) is 17.5 Å². The van der Waals surface area contributed by atoms with Crippen LogP contribution in [0.1, 0.15) is 29.5 Å². The second-order valence-electron chi connectivity index (χ2n) is 8.97. The number of anilines is 2. The lowest BCUT2D eigenvalue weighted by Gasteiger charge is -2.36. The molecule has 0 radical (unpaired) electrons. The molecule has 4 unspecified atom stereocenters. The lowest BCUT2D eigenvalue weighted by Crippen LogP contribution is -2.54. The molecule has 0 saturated carbocycles. The highest BCUT2D eigenvalue weighted by Gasteiger charge is 2.74. The molecule has 6 nitrogen and oxygen atoms in total. The summed E-state index contributed by atoms with van der Waals surface area (Å²) in [6, 6.07) is 13.3. The minimum absolute atomic E-state index is 0.0842. The van der Waals surface area contributed by atoms with Gasteiger partial charge in [-0.05, 0) is 50.9 Å². The predicted octanol–water partition coefficient (Wildman–Crippen LogP) is 2.73. The molecule has 30 heavy (non-hydrogen) atoms. The molecule has 0 bridgehead atoms. The Morgan fingerprint density at radius 3 is 2.63 bits per heavy atom. The normalized spacial score (nSPS) is 32.0. The summed E-state index contributed by atoms with van der Waals surface area (Å²) in [6.07, 6.45) is 1.76. The fourth-order valence-corrected chi connectivity index (χ4v) is 6.45. The minimum Gasteiger partial charge on any atom is -0.324 e. The molecule has 3 saturated heterocycles. The van der Waals surface area contributed by atoms with Crippen LogP contribution < -0.4 is 10.2 Å². The van der Waals surface area contributed by atoms with Gasteiger partial charge in [0, 0.05) is 17.3 Å². The van der Waals surface area contributed by atoms with Gasteiger partial charge in [0.15, 0.2) is 0 Å². The second kappa shape index (κ2) is 5.79. The number of para-hydroxylation sites is 1. The fourth-order valence-electron chi connectivity index (χ4n) is 6.45. The first kappa shape index (κ1) is 17.8. The highest BCUT2D eigenvalue weighted by Crippen LogP contribution is 2.60. The zero-order valence-corrected chi connectivity index (χ0v) is 17.0. The minimum atomic E-state index is -1.09. The van der Waals surface area contributed by atoms with Crippen molar-refractivity contribution in [3.8, 4) is 0 Å². The van der Waals surface area contributed by atoms with E-state index >= 15 is 0 Å². The summed E-state index contributed by atoms with van der Waals surface area (Å²) in [4.78, 5) is 44.6. The standard InChI is InChI=1S/C24H23N3O3/c1-13-9-10-17(14(2)12-13)27-21(28)19-18-8-5-11-26(18)24(20(19)22(27)29)15-6-3-4-7-16(15)25-23(24)30/h3-4,6-7,9-10,12,18-20H,5,8,11H2,1-2H3,(H,25,30). The summed E-state index contributed by atoms with van der Waals surface area (Å²) in [7, 11) is 0. The predicted molar refractivity (Wildman–Crippen MR) is 112 cm³/mol. The molecule has 4 heterocycles. The maximum atomic E-state index is 13.9. The molecule has 0 aromatic heterocycles. The van der Waals surface area contributed by atoms with Crippen LogP contribution in [-0.4, -0.2) is 35.2 Å². The van der Waals surface area contributed by atoms with Gasteiger partial charge in [-0.3, -0.25) is 19.3 Å². The summed E-state index contributed by atoms with van der Waals surface area (Å²) in [5.41, 5.74) is 3.10. The third-order valence-corrected chi connectivity index (χ3v) is 7.49.